The van der Waals surface area contributed by atoms with E-state index >= 15 is 0 Å². The van der Waals surface area contributed by atoms with Crippen LogP contribution in [0.5, 0.6) is 5.75 Å². The molecule has 9 nitrogen and oxygen atoms in total. The van der Waals surface area contributed by atoms with E-state index in [2.05, 4.69) is 19.9 Å². The summed E-state index contributed by atoms with van der Waals surface area (Å²) in [7, 11) is 0. The molecule has 2 aliphatic rings. The number of alkyl halides is 2. The Labute approximate surface area is 223 Å². The van der Waals surface area contributed by atoms with Gasteiger partial charge in [0.25, 0.3) is 6.43 Å². The van der Waals surface area contributed by atoms with Crippen LogP contribution in [-0.4, -0.2) is 70.0 Å². The van der Waals surface area contributed by atoms with Gasteiger partial charge in [0.05, 0.1) is 24.2 Å². The van der Waals surface area contributed by atoms with Crippen LogP contribution >= 0.6 is 11.6 Å². The van der Waals surface area contributed by atoms with Crippen molar-refractivity contribution in [3.63, 3.8) is 0 Å². The topological polar surface area (TPSA) is 81.4 Å². The van der Waals surface area contributed by atoms with Crippen molar-refractivity contribution in [1.29, 1.82) is 0 Å². The summed E-state index contributed by atoms with van der Waals surface area (Å²) >= 11 is 5.98. The van der Waals surface area contributed by atoms with Gasteiger partial charge in [0.1, 0.15) is 11.9 Å². The molecule has 2 fully saturated rings. The maximum atomic E-state index is 14.1. The van der Waals surface area contributed by atoms with Gasteiger partial charge in [0, 0.05) is 44.0 Å². The number of benzene rings is 2. The van der Waals surface area contributed by atoms with Gasteiger partial charge in [-0.3, -0.25) is 4.57 Å². The zero-order chi connectivity index (χ0) is 26.1. The molecule has 0 bridgehead atoms. The first-order valence-electron chi connectivity index (χ1n) is 12.6. The number of anilines is 2. The van der Waals surface area contributed by atoms with Crippen LogP contribution < -0.4 is 14.5 Å². The Morgan fingerprint density at radius 1 is 0.816 bits per heavy atom. The van der Waals surface area contributed by atoms with Gasteiger partial charge in [-0.1, -0.05) is 23.7 Å². The summed E-state index contributed by atoms with van der Waals surface area (Å²) in [5.74, 6) is 1.38. The molecule has 12 heteroatoms. The number of hydrogen-bond acceptors (Lipinski definition) is 8. The van der Waals surface area contributed by atoms with E-state index in [9.17, 15) is 8.78 Å². The number of morpholine rings is 1. The number of nitrogens with zero attached hydrogens (tertiary/aromatic N) is 7. The van der Waals surface area contributed by atoms with E-state index in [-0.39, 0.29) is 12.1 Å². The van der Waals surface area contributed by atoms with Crippen LogP contribution in [0, 0.1) is 0 Å². The van der Waals surface area contributed by atoms with E-state index in [0.717, 1.165) is 18.6 Å². The zero-order valence-electron chi connectivity index (χ0n) is 20.5. The number of rotatable bonds is 6. The maximum absolute atomic E-state index is 14.1. The second-order valence-electron chi connectivity index (χ2n) is 9.19. The molecule has 0 saturated carbocycles. The molecule has 2 aliphatic heterocycles. The first-order valence-corrected chi connectivity index (χ1v) is 12.9. The monoisotopic (exact) mass is 541 g/mol. The summed E-state index contributed by atoms with van der Waals surface area (Å²) in [6.07, 6.45) is -1.25. The van der Waals surface area contributed by atoms with Crippen molar-refractivity contribution < 1.29 is 18.3 Å². The summed E-state index contributed by atoms with van der Waals surface area (Å²) < 4.78 is 41.1. The number of fused-ring (bicyclic) bond motifs is 1. The molecule has 0 radical (unpaired) electrons. The minimum atomic E-state index is -2.80. The van der Waals surface area contributed by atoms with E-state index in [4.69, 9.17) is 26.1 Å². The van der Waals surface area contributed by atoms with Crippen LogP contribution in [0.15, 0.2) is 48.5 Å². The van der Waals surface area contributed by atoms with Gasteiger partial charge in [-0.25, -0.2) is 13.8 Å². The number of halogens is 3. The molecule has 0 spiro atoms. The average Bonchev–Trinajstić information content (AvgIpc) is 3.35. The largest absolute Gasteiger partial charge is 0.490 e. The molecular formula is C26H26ClF2N7O2. The first kappa shape index (κ1) is 24.7. The Bertz CT molecular complexity index is 1400. The lowest BCUT2D eigenvalue weighted by atomic mass is 10.1. The predicted octanol–water partition coefficient (Wildman–Crippen LogP) is 4.69. The van der Waals surface area contributed by atoms with Crippen LogP contribution in [0.3, 0.4) is 0 Å². The summed E-state index contributed by atoms with van der Waals surface area (Å²) in [5, 5.41) is 0.662. The third-order valence-corrected chi connectivity index (χ3v) is 6.97. The average molecular weight is 542 g/mol. The second-order valence-corrected chi connectivity index (χ2v) is 9.62. The number of imidazole rings is 1. The van der Waals surface area contributed by atoms with Gasteiger partial charge >= 0.3 is 0 Å². The molecule has 0 N–H and O–H groups in total. The van der Waals surface area contributed by atoms with Crippen molar-refractivity contribution in [1.82, 2.24) is 24.5 Å². The van der Waals surface area contributed by atoms with E-state index in [1.54, 1.807) is 36.4 Å². The number of piperidine rings is 1. The van der Waals surface area contributed by atoms with Crippen molar-refractivity contribution >= 4 is 34.5 Å². The van der Waals surface area contributed by atoms with Gasteiger partial charge < -0.3 is 19.3 Å². The highest BCUT2D eigenvalue weighted by atomic mass is 35.5. The molecule has 2 saturated heterocycles. The van der Waals surface area contributed by atoms with E-state index in [1.807, 2.05) is 17.0 Å². The van der Waals surface area contributed by atoms with Crippen molar-refractivity contribution in [2.24, 2.45) is 0 Å². The molecule has 0 atom stereocenters. The van der Waals surface area contributed by atoms with Crippen molar-refractivity contribution in [2.45, 2.75) is 25.4 Å². The molecule has 2 aromatic carbocycles. The van der Waals surface area contributed by atoms with Crippen LogP contribution in [-0.2, 0) is 4.74 Å². The SMILES string of the molecule is FC(F)c1nc2ccccc2n1-c1nc(N2CCOCC2)nc(N2CCC(Oc3ccc(Cl)cc3)CC2)n1. The Morgan fingerprint density at radius 2 is 1.45 bits per heavy atom. The Hall–Kier alpha value is -3.57. The molecule has 0 unspecified atom stereocenters. The zero-order valence-corrected chi connectivity index (χ0v) is 21.3. The fraction of sp³-hybridized carbons (Fsp3) is 0.385. The smallest absolute Gasteiger partial charge is 0.296 e. The lowest BCUT2D eigenvalue weighted by Crippen LogP contribution is -2.41. The molecule has 6 rings (SSSR count). The summed E-state index contributed by atoms with van der Waals surface area (Å²) in [5.41, 5.74) is 0.973. The number of para-hydroxylation sites is 2. The van der Waals surface area contributed by atoms with Gasteiger partial charge in [-0.05, 0) is 36.4 Å². The Kier molecular flexibility index (Phi) is 6.94. The van der Waals surface area contributed by atoms with Crippen LogP contribution in [0.25, 0.3) is 17.0 Å². The molecule has 0 amide bonds. The Balaban J connectivity index is 1.32. The minimum absolute atomic E-state index is 0.0375. The molecule has 0 aliphatic carbocycles. The summed E-state index contributed by atoms with van der Waals surface area (Å²) in [6.45, 7) is 3.59. The molecule has 198 valence electrons. The van der Waals surface area contributed by atoms with Crippen LogP contribution in [0.1, 0.15) is 25.1 Å². The maximum Gasteiger partial charge on any atom is 0.296 e. The number of aromatic nitrogens is 5. The molecule has 2 aromatic heterocycles. The van der Waals surface area contributed by atoms with E-state index in [0.29, 0.717) is 67.3 Å². The molecule has 4 aromatic rings. The summed E-state index contributed by atoms with van der Waals surface area (Å²) in [4.78, 5) is 22.3. The highest BCUT2D eigenvalue weighted by molar-refractivity contribution is 6.30. The molecule has 4 heterocycles. The highest BCUT2D eigenvalue weighted by Crippen LogP contribution is 2.29. The normalized spacial score (nSPS) is 16.9. The van der Waals surface area contributed by atoms with Gasteiger partial charge in [0.15, 0.2) is 5.82 Å². The van der Waals surface area contributed by atoms with Crippen LogP contribution in [0.2, 0.25) is 5.02 Å². The van der Waals surface area contributed by atoms with Crippen molar-refractivity contribution in [3.8, 4) is 11.7 Å². The fourth-order valence-electron chi connectivity index (χ4n) is 4.77. The summed E-state index contributed by atoms with van der Waals surface area (Å²) in [6, 6.07) is 14.3. The van der Waals surface area contributed by atoms with Crippen molar-refractivity contribution in [2.75, 3.05) is 49.2 Å². The van der Waals surface area contributed by atoms with Crippen LogP contribution in [0.4, 0.5) is 20.7 Å². The lowest BCUT2D eigenvalue weighted by Gasteiger charge is -2.33. The first-order chi connectivity index (χ1) is 18.5. The fourth-order valence-corrected chi connectivity index (χ4v) is 4.90. The van der Waals surface area contributed by atoms with E-state index in [1.165, 1.54) is 4.57 Å². The number of ether oxygens (including phenoxy) is 2. The predicted molar refractivity (Wildman–Crippen MR) is 140 cm³/mol. The van der Waals surface area contributed by atoms with E-state index < -0.39 is 12.2 Å². The number of hydrogen-bond donors (Lipinski definition) is 0. The Morgan fingerprint density at radius 3 is 2.13 bits per heavy atom. The lowest BCUT2D eigenvalue weighted by molar-refractivity contribution is 0.122. The van der Waals surface area contributed by atoms with Gasteiger partial charge in [-0.15, -0.1) is 0 Å². The third kappa shape index (κ3) is 5.08. The van der Waals surface area contributed by atoms with Gasteiger partial charge in [0.2, 0.25) is 17.8 Å². The third-order valence-electron chi connectivity index (χ3n) is 6.72. The highest BCUT2D eigenvalue weighted by Gasteiger charge is 2.27. The molecular weight excluding hydrogens is 516 g/mol. The quantitative estimate of drug-likeness (QED) is 0.348. The standard InChI is InChI=1S/C26H26ClF2N7O2/c27-17-5-7-18(8-6-17)38-19-9-11-34(12-10-19)24-31-25(35-13-15-37-16-14-35)33-26(32-24)36-21-4-2-1-3-20(21)30-23(36)22(28)29/h1-8,19,22H,9-16H2. The second kappa shape index (κ2) is 10.7. The minimum Gasteiger partial charge on any atom is -0.490 e. The van der Waals surface area contributed by atoms with Gasteiger partial charge in [-0.2, -0.15) is 15.0 Å². The molecule has 38 heavy (non-hydrogen) atoms. The van der Waals surface area contributed by atoms with Crippen molar-refractivity contribution in [3.05, 3.63) is 59.4 Å².